The molecule has 7 heteroatoms. The van der Waals surface area contributed by atoms with Gasteiger partial charge in [-0.15, -0.1) is 0 Å². The molecule has 1 amide bonds. The van der Waals surface area contributed by atoms with Gasteiger partial charge in [-0.3, -0.25) is 9.69 Å². The summed E-state index contributed by atoms with van der Waals surface area (Å²) in [7, 11) is 3.27. The molecule has 1 atom stereocenters. The van der Waals surface area contributed by atoms with E-state index in [1.807, 2.05) is 30.3 Å². The summed E-state index contributed by atoms with van der Waals surface area (Å²) < 4.78 is 17.6. The van der Waals surface area contributed by atoms with Crippen molar-refractivity contribution in [1.29, 1.82) is 0 Å². The number of methoxy groups -OCH3 is 1. The first-order chi connectivity index (χ1) is 14.9. The molecule has 0 aromatic heterocycles. The fourth-order valence-corrected chi connectivity index (χ4v) is 4.21. The Kier molecular flexibility index (Phi) is 7.98. The molecule has 1 fully saturated rings. The van der Waals surface area contributed by atoms with Gasteiger partial charge in [-0.05, 0) is 53.8 Å². The van der Waals surface area contributed by atoms with Crippen LogP contribution >= 0.6 is 24.0 Å². The second kappa shape index (κ2) is 10.7. The molecule has 1 heterocycles. The average molecular weight is 458 g/mol. The van der Waals surface area contributed by atoms with E-state index in [-0.39, 0.29) is 5.91 Å². The molecule has 0 bridgehead atoms. The zero-order valence-corrected chi connectivity index (χ0v) is 19.8. The van der Waals surface area contributed by atoms with Gasteiger partial charge in [0.15, 0.2) is 11.5 Å². The van der Waals surface area contributed by atoms with Gasteiger partial charge in [-0.25, -0.2) is 0 Å². The number of amides is 1. The standard InChI is InChI=1S/C24H27NO4S2/c1-5-16(2)18-7-9-19(10-8-18)28-12-13-29-20-11-6-17(14-21(20)27-4)15-22-23(26)25(3)24(30)31-22/h6-11,14-16H,5,12-13H2,1-4H3/b22-15+. The molecule has 0 N–H and O–H groups in total. The summed E-state index contributed by atoms with van der Waals surface area (Å²) in [4.78, 5) is 14.2. The Morgan fingerprint density at radius 1 is 1.10 bits per heavy atom. The molecule has 0 saturated carbocycles. The fraction of sp³-hybridized carbons (Fsp3) is 0.333. The SMILES string of the molecule is CCC(C)c1ccc(OCCOc2ccc(/C=C3/SC(=S)N(C)C3=O)cc2OC)cc1. The summed E-state index contributed by atoms with van der Waals surface area (Å²) in [6.07, 6.45) is 2.92. The highest BCUT2D eigenvalue weighted by Crippen LogP contribution is 2.34. The zero-order valence-electron chi connectivity index (χ0n) is 18.2. The highest BCUT2D eigenvalue weighted by molar-refractivity contribution is 8.26. The summed E-state index contributed by atoms with van der Waals surface area (Å²) in [6.45, 7) is 5.21. The van der Waals surface area contributed by atoms with Gasteiger partial charge in [-0.2, -0.15) is 0 Å². The maximum Gasteiger partial charge on any atom is 0.265 e. The third kappa shape index (κ3) is 5.80. The van der Waals surface area contributed by atoms with Crippen molar-refractivity contribution in [1.82, 2.24) is 4.90 Å². The summed E-state index contributed by atoms with van der Waals surface area (Å²) >= 11 is 6.46. The van der Waals surface area contributed by atoms with Gasteiger partial charge in [0, 0.05) is 7.05 Å². The van der Waals surface area contributed by atoms with Gasteiger partial charge in [0.05, 0.1) is 12.0 Å². The Balaban J connectivity index is 1.56. The molecule has 2 aromatic rings. The van der Waals surface area contributed by atoms with Crippen molar-refractivity contribution in [2.45, 2.75) is 26.2 Å². The first-order valence-electron chi connectivity index (χ1n) is 10.2. The van der Waals surface area contributed by atoms with E-state index >= 15 is 0 Å². The molecular formula is C24H27NO4S2. The molecule has 1 unspecified atom stereocenters. The lowest BCUT2D eigenvalue weighted by Gasteiger charge is -2.13. The van der Waals surface area contributed by atoms with Crippen LogP contribution in [0.2, 0.25) is 0 Å². The number of thiocarbonyl (C=S) groups is 1. The number of hydrogen-bond acceptors (Lipinski definition) is 6. The summed E-state index contributed by atoms with van der Waals surface area (Å²) in [5, 5.41) is 0. The maximum absolute atomic E-state index is 12.2. The van der Waals surface area contributed by atoms with Crippen molar-refractivity contribution in [2.75, 3.05) is 27.4 Å². The van der Waals surface area contributed by atoms with Crippen LogP contribution in [0.15, 0.2) is 47.4 Å². The molecule has 0 radical (unpaired) electrons. The van der Waals surface area contributed by atoms with Crippen LogP contribution in [0, 0.1) is 0 Å². The number of carbonyl (C=O) groups excluding carboxylic acids is 1. The summed E-state index contributed by atoms with van der Waals surface area (Å²) in [6, 6.07) is 13.8. The van der Waals surface area contributed by atoms with Crippen LogP contribution in [0.25, 0.3) is 6.08 Å². The summed E-state index contributed by atoms with van der Waals surface area (Å²) in [5.74, 6) is 2.50. The first kappa shape index (κ1) is 23.2. The predicted molar refractivity (Wildman–Crippen MR) is 130 cm³/mol. The lowest BCUT2D eigenvalue weighted by Crippen LogP contribution is -2.22. The average Bonchev–Trinajstić information content (AvgIpc) is 3.03. The molecular weight excluding hydrogens is 430 g/mol. The van der Waals surface area contributed by atoms with E-state index in [4.69, 9.17) is 26.4 Å². The monoisotopic (exact) mass is 457 g/mol. The number of rotatable bonds is 9. The minimum Gasteiger partial charge on any atom is -0.493 e. The van der Waals surface area contributed by atoms with E-state index in [9.17, 15) is 4.79 Å². The third-order valence-electron chi connectivity index (χ3n) is 5.14. The molecule has 1 saturated heterocycles. The number of hydrogen-bond donors (Lipinski definition) is 0. The molecule has 0 aliphatic carbocycles. The lowest BCUT2D eigenvalue weighted by molar-refractivity contribution is -0.121. The van der Waals surface area contributed by atoms with Crippen molar-refractivity contribution >= 4 is 40.3 Å². The maximum atomic E-state index is 12.2. The van der Waals surface area contributed by atoms with E-state index in [0.29, 0.717) is 39.9 Å². The number of benzene rings is 2. The number of ether oxygens (including phenoxy) is 3. The lowest BCUT2D eigenvalue weighted by atomic mass is 9.99. The van der Waals surface area contributed by atoms with Crippen LogP contribution in [0.5, 0.6) is 17.2 Å². The quantitative estimate of drug-likeness (QED) is 0.282. The Hall–Kier alpha value is -2.51. The minimum absolute atomic E-state index is 0.0939. The van der Waals surface area contributed by atoms with Crippen LogP contribution in [0.1, 0.15) is 37.3 Å². The smallest absolute Gasteiger partial charge is 0.265 e. The Labute approximate surface area is 193 Å². The van der Waals surface area contributed by atoms with E-state index in [1.54, 1.807) is 20.2 Å². The van der Waals surface area contributed by atoms with Gasteiger partial charge >= 0.3 is 0 Å². The molecule has 0 spiro atoms. The van der Waals surface area contributed by atoms with Crippen LogP contribution in [-0.2, 0) is 4.79 Å². The molecule has 2 aromatic carbocycles. The van der Waals surface area contributed by atoms with Gasteiger partial charge in [-0.1, -0.05) is 56.0 Å². The van der Waals surface area contributed by atoms with E-state index in [2.05, 4.69) is 26.0 Å². The van der Waals surface area contributed by atoms with Crippen molar-refractivity contribution in [3.8, 4) is 17.2 Å². The minimum atomic E-state index is -0.0939. The second-order valence-corrected chi connectivity index (χ2v) is 8.90. The number of carbonyl (C=O) groups is 1. The van der Waals surface area contributed by atoms with E-state index in [1.165, 1.54) is 22.2 Å². The molecule has 1 aliphatic rings. The number of likely N-dealkylation sites (N-methyl/N-ethyl adjacent to an activating group) is 1. The largest absolute Gasteiger partial charge is 0.493 e. The fourth-order valence-electron chi connectivity index (χ4n) is 3.03. The van der Waals surface area contributed by atoms with Crippen LogP contribution in [-0.4, -0.2) is 42.5 Å². The van der Waals surface area contributed by atoms with Crippen molar-refractivity contribution in [2.24, 2.45) is 0 Å². The highest BCUT2D eigenvalue weighted by atomic mass is 32.2. The Bertz CT molecular complexity index is 972. The van der Waals surface area contributed by atoms with Crippen LogP contribution < -0.4 is 14.2 Å². The Morgan fingerprint density at radius 2 is 1.81 bits per heavy atom. The molecule has 5 nitrogen and oxygen atoms in total. The topological polar surface area (TPSA) is 48.0 Å². The number of nitrogens with zero attached hydrogens (tertiary/aromatic N) is 1. The van der Waals surface area contributed by atoms with E-state index < -0.39 is 0 Å². The molecule has 1 aliphatic heterocycles. The zero-order chi connectivity index (χ0) is 22.4. The molecule has 3 rings (SSSR count). The van der Waals surface area contributed by atoms with Crippen molar-refractivity contribution in [3.63, 3.8) is 0 Å². The normalized spacial score (nSPS) is 16.0. The van der Waals surface area contributed by atoms with Gasteiger partial charge in [0.1, 0.15) is 23.3 Å². The predicted octanol–water partition coefficient (Wildman–Crippen LogP) is 5.50. The number of thioether (sulfide) groups is 1. The van der Waals surface area contributed by atoms with Gasteiger partial charge in [0.25, 0.3) is 5.91 Å². The highest BCUT2D eigenvalue weighted by Gasteiger charge is 2.28. The van der Waals surface area contributed by atoms with Crippen molar-refractivity contribution in [3.05, 3.63) is 58.5 Å². The summed E-state index contributed by atoms with van der Waals surface area (Å²) in [5.41, 5.74) is 2.16. The van der Waals surface area contributed by atoms with Crippen LogP contribution in [0.4, 0.5) is 0 Å². The van der Waals surface area contributed by atoms with Crippen molar-refractivity contribution < 1.29 is 19.0 Å². The second-order valence-electron chi connectivity index (χ2n) is 7.23. The van der Waals surface area contributed by atoms with Gasteiger partial charge in [0.2, 0.25) is 0 Å². The molecule has 31 heavy (non-hydrogen) atoms. The van der Waals surface area contributed by atoms with E-state index in [0.717, 1.165) is 17.7 Å². The third-order valence-corrected chi connectivity index (χ3v) is 6.63. The van der Waals surface area contributed by atoms with Crippen LogP contribution in [0.3, 0.4) is 0 Å². The van der Waals surface area contributed by atoms with Gasteiger partial charge < -0.3 is 14.2 Å². The first-order valence-corrected chi connectivity index (χ1v) is 11.4. The molecule has 164 valence electrons. The Morgan fingerprint density at radius 3 is 2.42 bits per heavy atom.